The van der Waals surface area contributed by atoms with Crippen LogP contribution in [-0.4, -0.2) is 31.6 Å². The monoisotopic (exact) mass is 547 g/mol. The minimum Gasteiger partial charge on any atom is -0.242 e. The molecule has 4 heteroatoms. The molecule has 0 heterocycles. The van der Waals surface area contributed by atoms with E-state index in [1.54, 1.807) is 5.30 Å². The van der Waals surface area contributed by atoms with Crippen molar-refractivity contribution in [3.05, 3.63) is 77.9 Å². The first kappa shape index (κ1) is 28.0. The highest BCUT2D eigenvalue weighted by Crippen LogP contribution is 2.56. The number of hydrogen-bond acceptors (Lipinski definition) is 1. The minimum atomic E-state index is -1.14. The highest BCUT2D eigenvalue weighted by Gasteiger charge is 2.37. The predicted molar refractivity (Wildman–Crippen MR) is 168 cm³/mol. The summed E-state index contributed by atoms with van der Waals surface area (Å²) >= 11 is 0. The second kappa shape index (κ2) is 12.3. The summed E-state index contributed by atoms with van der Waals surface area (Å²) in [5, 5.41) is 4.11. The Morgan fingerprint density at radius 2 is 1.32 bits per heavy atom. The van der Waals surface area contributed by atoms with Gasteiger partial charge in [0.05, 0.1) is 10.8 Å². The molecule has 0 aliphatic heterocycles. The topological polar surface area (TPSA) is 20.3 Å². The lowest BCUT2D eigenvalue weighted by molar-refractivity contribution is 0.441. The van der Waals surface area contributed by atoms with Crippen LogP contribution in [0.2, 0.25) is 0 Å². The Hall–Kier alpha value is -1.54. The highest BCUT2D eigenvalue weighted by atomic mass is 32.2. The van der Waals surface area contributed by atoms with Crippen molar-refractivity contribution in [3.8, 4) is 0 Å². The normalized spacial score (nSPS) is 19.7. The van der Waals surface area contributed by atoms with Gasteiger partial charge >= 0.3 is 0 Å². The van der Waals surface area contributed by atoms with Gasteiger partial charge in [-0.05, 0) is 91.0 Å². The second-order valence-corrected chi connectivity index (χ2v) is 17.5. The molecule has 0 amide bonds. The molecule has 3 aromatic rings. The average molecular weight is 548 g/mol. The van der Waals surface area contributed by atoms with Crippen LogP contribution in [0, 0.1) is 0 Å². The van der Waals surface area contributed by atoms with E-state index in [1.165, 1.54) is 86.1 Å². The van der Waals surface area contributed by atoms with E-state index in [0.29, 0.717) is 0 Å². The van der Waals surface area contributed by atoms with Crippen molar-refractivity contribution < 1.29 is 4.21 Å². The first-order chi connectivity index (χ1) is 18.3. The summed E-state index contributed by atoms with van der Waals surface area (Å²) in [6.45, 7) is 6.29. The van der Waals surface area contributed by atoms with Crippen molar-refractivity contribution in [1.82, 2.24) is 4.31 Å². The molecule has 2 aliphatic rings. The summed E-state index contributed by atoms with van der Waals surface area (Å²) in [6.07, 6.45) is 13.9. The molecule has 0 saturated heterocycles. The first-order valence-electron chi connectivity index (χ1n) is 14.9. The standard InChI is InChI=1S/C34H46NOPS/c1-34(2,3)38(36)35(4)33(28-24-23-26-15-11-12-16-27(26)25-28)31-21-13-14-22-32(31)37(29-17-7-5-8-18-29)30-19-9-6-10-20-30/h11-16,21-25,29-30,33H,5-10,17-20H2,1-4H3/t33-,38+/m0/s1. The minimum absolute atomic E-state index is 0.0342. The van der Waals surface area contributed by atoms with Crippen LogP contribution in [0.4, 0.5) is 0 Å². The predicted octanol–water partition coefficient (Wildman–Crippen LogP) is 9.10. The highest BCUT2D eigenvalue weighted by molar-refractivity contribution is 7.84. The summed E-state index contributed by atoms with van der Waals surface area (Å²) in [5.74, 6) is 0. The maximum atomic E-state index is 13.9. The van der Waals surface area contributed by atoms with Crippen molar-refractivity contribution >= 4 is 35.0 Å². The number of fused-ring (bicyclic) bond motifs is 1. The molecule has 38 heavy (non-hydrogen) atoms. The van der Waals surface area contributed by atoms with Gasteiger partial charge in [0.25, 0.3) is 0 Å². The lowest BCUT2D eigenvalue weighted by Crippen LogP contribution is -2.39. The van der Waals surface area contributed by atoms with Crippen LogP contribution in [-0.2, 0) is 11.0 Å². The van der Waals surface area contributed by atoms with E-state index in [0.717, 1.165) is 11.3 Å². The molecule has 0 unspecified atom stereocenters. The first-order valence-corrected chi connectivity index (χ1v) is 17.4. The maximum absolute atomic E-state index is 13.9. The fourth-order valence-corrected chi connectivity index (χ4v) is 12.1. The molecule has 2 saturated carbocycles. The molecule has 2 aliphatic carbocycles. The lowest BCUT2D eigenvalue weighted by Gasteiger charge is -2.41. The Morgan fingerprint density at radius 1 is 0.763 bits per heavy atom. The zero-order valence-electron chi connectivity index (χ0n) is 23.9. The fraction of sp³-hybridized carbons (Fsp3) is 0.529. The van der Waals surface area contributed by atoms with E-state index < -0.39 is 11.0 Å². The molecular formula is C34H46NOPS. The van der Waals surface area contributed by atoms with Crippen LogP contribution < -0.4 is 5.30 Å². The van der Waals surface area contributed by atoms with Crippen molar-refractivity contribution in [1.29, 1.82) is 0 Å². The Balaban J connectivity index is 1.66. The number of nitrogens with zero attached hydrogens (tertiary/aromatic N) is 1. The molecule has 2 nitrogen and oxygen atoms in total. The van der Waals surface area contributed by atoms with E-state index in [4.69, 9.17) is 0 Å². The van der Waals surface area contributed by atoms with E-state index in [1.807, 2.05) is 0 Å². The zero-order valence-corrected chi connectivity index (χ0v) is 25.6. The van der Waals surface area contributed by atoms with Crippen molar-refractivity contribution in [2.75, 3.05) is 7.05 Å². The third kappa shape index (κ3) is 6.11. The quantitative estimate of drug-likeness (QED) is 0.270. The third-order valence-electron chi connectivity index (χ3n) is 8.68. The molecule has 0 N–H and O–H groups in total. The van der Waals surface area contributed by atoms with Gasteiger partial charge in [-0.1, -0.05) is 107 Å². The maximum Gasteiger partial charge on any atom is 0.100 e. The summed E-state index contributed by atoms with van der Waals surface area (Å²) in [4.78, 5) is 0. The third-order valence-corrected chi connectivity index (χ3v) is 14.0. The fourth-order valence-electron chi connectivity index (χ4n) is 6.85. The van der Waals surface area contributed by atoms with Gasteiger partial charge in [-0.25, -0.2) is 8.51 Å². The van der Waals surface area contributed by atoms with E-state index >= 15 is 0 Å². The summed E-state index contributed by atoms with van der Waals surface area (Å²) < 4.78 is 15.8. The Bertz CT molecular complexity index is 1220. The van der Waals surface area contributed by atoms with Gasteiger partial charge in [0.2, 0.25) is 0 Å². The van der Waals surface area contributed by atoms with Crippen LogP contribution >= 0.6 is 7.92 Å². The summed E-state index contributed by atoms with van der Waals surface area (Å²) in [7, 11) is 0.680. The molecule has 3 aromatic carbocycles. The molecule has 2 atom stereocenters. The molecule has 5 rings (SSSR count). The molecular weight excluding hydrogens is 501 g/mol. The van der Waals surface area contributed by atoms with Crippen molar-refractivity contribution in [2.45, 2.75) is 107 Å². The summed E-state index contributed by atoms with van der Waals surface area (Å²) in [5.41, 5.74) is 4.31. The molecule has 0 bridgehead atoms. The number of rotatable bonds is 7. The Kier molecular flexibility index (Phi) is 9.08. The van der Waals surface area contributed by atoms with Crippen LogP contribution in [0.15, 0.2) is 66.7 Å². The largest absolute Gasteiger partial charge is 0.242 e. The average Bonchev–Trinajstić information content (AvgIpc) is 2.94. The van der Waals surface area contributed by atoms with Gasteiger partial charge in [-0.3, -0.25) is 0 Å². The van der Waals surface area contributed by atoms with Crippen LogP contribution in [0.3, 0.4) is 0 Å². The Labute approximate surface area is 234 Å². The van der Waals surface area contributed by atoms with Gasteiger partial charge in [-0.15, -0.1) is 0 Å². The van der Waals surface area contributed by atoms with E-state index in [2.05, 4.69) is 98.9 Å². The van der Waals surface area contributed by atoms with E-state index in [9.17, 15) is 4.21 Å². The van der Waals surface area contributed by atoms with Gasteiger partial charge in [0.15, 0.2) is 0 Å². The van der Waals surface area contributed by atoms with Crippen LogP contribution in [0.5, 0.6) is 0 Å². The molecule has 204 valence electrons. The summed E-state index contributed by atoms with van der Waals surface area (Å²) in [6, 6.07) is 24.8. The second-order valence-electron chi connectivity index (χ2n) is 12.5. The lowest BCUT2D eigenvalue weighted by atomic mass is 9.96. The number of hydrogen-bond donors (Lipinski definition) is 0. The smallest absolute Gasteiger partial charge is 0.100 e. The molecule has 0 aromatic heterocycles. The van der Waals surface area contributed by atoms with Gasteiger partial charge < -0.3 is 0 Å². The zero-order chi connectivity index (χ0) is 26.7. The molecule has 2 fully saturated rings. The molecule has 0 radical (unpaired) electrons. The molecule has 0 spiro atoms. The van der Waals surface area contributed by atoms with Crippen molar-refractivity contribution in [2.24, 2.45) is 0 Å². The van der Waals surface area contributed by atoms with E-state index in [-0.39, 0.29) is 18.7 Å². The van der Waals surface area contributed by atoms with Crippen molar-refractivity contribution in [3.63, 3.8) is 0 Å². The van der Waals surface area contributed by atoms with Gasteiger partial charge in [-0.2, -0.15) is 0 Å². The number of benzene rings is 3. The van der Waals surface area contributed by atoms with Crippen LogP contribution in [0.1, 0.15) is 102 Å². The SMILES string of the molecule is CN([C@@H](c1ccc2ccccc2c1)c1ccccc1P(C1CCCCC1)C1CCCCC1)[S@](=O)C(C)(C)C. The van der Waals surface area contributed by atoms with Gasteiger partial charge in [0.1, 0.15) is 11.0 Å². The van der Waals surface area contributed by atoms with Gasteiger partial charge in [0, 0.05) is 7.05 Å². The Morgan fingerprint density at radius 3 is 1.92 bits per heavy atom. The van der Waals surface area contributed by atoms with Crippen LogP contribution in [0.25, 0.3) is 10.8 Å².